The van der Waals surface area contributed by atoms with Gasteiger partial charge in [-0.25, -0.2) is 4.98 Å². The predicted octanol–water partition coefficient (Wildman–Crippen LogP) is 3.19. The van der Waals surface area contributed by atoms with Gasteiger partial charge < -0.3 is 24.8 Å². The Bertz CT molecular complexity index is 1020. The number of methoxy groups -OCH3 is 2. The van der Waals surface area contributed by atoms with Crippen LogP contribution in [-0.4, -0.2) is 37.3 Å². The molecule has 2 N–H and O–H groups in total. The molecule has 3 aromatic rings. The molecule has 0 atom stereocenters. The third kappa shape index (κ3) is 3.24. The second-order valence-corrected chi connectivity index (χ2v) is 6.67. The summed E-state index contributed by atoms with van der Waals surface area (Å²) in [5, 5.41) is 0.748. The normalized spacial score (nSPS) is 13.3. The molecule has 7 nitrogen and oxygen atoms in total. The van der Waals surface area contributed by atoms with E-state index >= 15 is 0 Å². The maximum Gasteiger partial charge on any atom is 0.228 e. The quantitative estimate of drug-likeness (QED) is 0.728. The highest BCUT2D eigenvalue weighted by Crippen LogP contribution is 2.35. The van der Waals surface area contributed by atoms with Crippen molar-refractivity contribution in [2.75, 3.05) is 38.0 Å². The maximum atomic E-state index is 6.24. The van der Waals surface area contributed by atoms with Crippen molar-refractivity contribution in [2.24, 2.45) is 0 Å². The van der Waals surface area contributed by atoms with Crippen LogP contribution in [0.2, 0.25) is 0 Å². The molecule has 28 heavy (non-hydrogen) atoms. The van der Waals surface area contributed by atoms with E-state index in [0.717, 1.165) is 29.6 Å². The molecule has 1 aliphatic rings. The Hall–Kier alpha value is -3.22. The van der Waals surface area contributed by atoms with Crippen molar-refractivity contribution in [3.63, 3.8) is 0 Å². The number of hydrogen-bond acceptors (Lipinski definition) is 7. The van der Waals surface area contributed by atoms with Gasteiger partial charge in [0.15, 0.2) is 11.5 Å². The molecule has 7 heteroatoms. The van der Waals surface area contributed by atoms with Gasteiger partial charge in [-0.1, -0.05) is 6.07 Å². The van der Waals surface area contributed by atoms with Crippen molar-refractivity contribution < 1.29 is 14.2 Å². The highest BCUT2D eigenvalue weighted by Gasteiger charge is 2.21. The Labute approximate surface area is 164 Å². The van der Waals surface area contributed by atoms with Crippen LogP contribution in [0, 0.1) is 0 Å². The van der Waals surface area contributed by atoms with E-state index in [4.69, 9.17) is 24.9 Å². The largest absolute Gasteiger partial charge is 0.494 e. The first-order valence-electron chi connectivity index (χ1n) is 9.31. The molecule has 0 amide bonds. The molecule has 0 bridgehead atoms. The standard InChI is InChI=1S/C21H24N4O3/c1-4-28-15-6-5-13-7-8-25(12-14(13)9-15)21-23-17-11-19(27-3)18(26-2)10-16(17)20(22)24-21/h5-6,9-11H,4,7-8,12H2,1-3H3,(H2,22,23,24). The highest BCUT2D eigenvalue weighted by molar-refractivity contribution is 5.91. The summed E-state index contributed by atoms with van der Waals surface area (Å²) in [7, 11) is 3.20. The summed E-state index contributed by atoms with van der Waals surface area (Å²) < 4.78 is 16.4. The van der Waals surface area contributed by atoms with E-state index in [9.17, 15) is 0 Å². The first-order chi connectivity index (χ1) is 13.6. The maximum absolute atomic E-state index is 6.24. The van der Waals surface area contributed by atoms with Gasteiger partial charge in [-0.05, 0) is 42.7 Å². The molecule has 146 valence electrons. The van der Waals surface area contributed by atoms with E-state index in [1.54, 1.807) is 14.2 Å². The Kier molecular flexibility index (Phi) is 4.81. The Morgan fingerprint density at radius 1 is 1.04 bits per heavy atom. The summed E-state index contributed by atoms with van der Waals surface area (Å²) in [5.74, 6) is 3.15. The van der Waals surface area contributed by atoms with Crippen molar-refractivity contribution in [2.45, 2.75) is 19.9 Å². The number of nitrogens with two attached hydrogens (primary N) is 1. The molecule has 4 rings (SSSR count). The molecule has 2 aromatic carbocycles. The second kappa shape index (κ2) is 7.42. The van der Waals surface area contributed by atoms with E-state index in [-0.39, 0.29) is 0 Å². The number of aromatic nitrogens is 2. The molecule has 2 heterocycles. The molecule has 1 aromatic heterocycles. The zero-order valence-electron chi connectivity index (χ0n) is 16.4. The van der Waals surface area contributed by atoms with Gasteiger partial charge in [-0.15, -0.1) is 0 Å². The fourth-order valence-electron chi connectivity index (χ4n) is 3.57. The Morgan fingerprint density at radius 2 is 1.82 bits per heavy atom. The molecule has 0 fully saturated rings. The number of nitrogen functional groups attached to an aromatic ring is 1. The number of rotatable bonds is 5. The van der Waals surface area contributed by atoms with Crippen molar-refractivity contribution in [3.05, 3.63) is 41.5 Å². The van der Waals surface area contributed by atoms with Crippen LogP contribution in [-0.2, 0) is 13.0 Å². The third-order valence-electron chi connectivity index (χ3n) is 5.00. The number of anilines is 2. The van der Waals surface area contributed by atoms with E-state index in [1.807, 2.05) is 25.1 Å². The lowest BCUT2D eigenvalue weighted by molar-refractivity contribution is 0.339. The van der Waals surface area contributed by atoms with Crippen LogP contribution in [0.25, 0.3) is 10.9 Å². The lowest BCUT2D eigenvalue weighted by Gasteiger charge is -2.29. The number of hydrogen-bond donors (Lipinski definition) is 1. The average Bonchev–Trinajstić information content (AvgIpc) is 2.72. The van der Waals surface area contributed by atoms with Crippen LogP contribution < -0.4 is 24.8 Å². The van der Waals surface area contributed by atoms with Crippen LogP contribution in [0.5, 0.6) is 17.2 Å². The van der Waals surface area contributed by atoms with Gasteiger partial charge in [0.25, 0.3) is 0 Å². The summed E-state index contributed by atoms with van der Waals surface area (Å²) >= 11 is 0. The monoisotopic (exact) mass is 380 g/mol. The summed E-state index contributed by atoms with van der Waals surface area (Å²) in [4.78, 5) is 11.4. The summed E-state index contributed by atoms with van der Waals surface area (Å²) in [6, 6.07) is 9.92. The molecule has 0 radical (unpaired) electrons. The fourth-order valence-corrected chi connectivity index (χ4v) is 3.57. The van der Waals surface area contributed by atoms with Crippen LogP contribution in [0.4, 0.5) is 11.8 Å². The SMILES string of the molecule is CCOc1ccc2c(c1)CN(c1nc(N)c3cc(OC)c(OC)cc3n1)CC2. The molecule has 0 aliphatic carbocycles. The molecule has 0 saturated carbocycles. The van der Waals surface area contributed by atoms with Gasteiger partial charge in [0.1, 0.15) is 11.6 Å². The van der Waals surface area contributed by atoms with Gasteiger partial charge in [-0.3, -0.25) is 0 Å². The van der Waals surface area contributed by atoms with Gasteiger partial charge in [0.05, 0.1) is 26.3 Å². The predicted molar refractivity (Wildman–Crippen MR) is 109 cm³/mol. The molecular formula is C21H24N4O3. The number of ether oxygens (including phenoxy) is 3. The molecule has 0 spiro atoms. The van der Waals surface area contributed by atoms with E-state index in [1.165, 1.54) is 11.1 Å². The topological polar surface area (TPSA) is 82.7 Å². The number of nitrogens with zero attached hydrogens (tertiary/aromatic N) is 3. The number of benzene rings is 2. The van der Waals surface area contributed by atoms with Crippen LogP contribution in [0.3, 0.4) is 0 Å². The van der Waals surface area contributed by atoms with Gasteiger partial charge in [0.2, 0.25) is 5.95 Å². The van der Waals surface area contributed by atoms with Crippen LogP contribution >= 0.6 is 0 Å². The van der Waals surface area contributed by atoms with Gasteiger partial charge in [0, 0.05) is 24.5 Å². The Balaban J connectivity index is 1.70. The van der Waals surface area contributed by atoms with Gasteiger partial charge in [-0.2, -0.15) is 4.98 Å². The fraction of sp³-hybridized carbons (Fsp3) is 0.333. The lowest BCUT2D eigenvalue weighted by Crippen LogP contribution is -2.32. The first-order valence-corrected chi connectivity index (χ1v) is 9.31. The summed E-state index contributed by atoms with van der Waals surface area (Å²) in [5.41, 5.74) is 9.54. The highest BCUT2D eigenvalue weighted by atomic mass is 16.5. The number of fused-ring (bicyclic) bond motifs is 2. The van der Waals surface area contributed by atoms with E-state index < -0.39 is 0 Å². The van der Waals surface area contributed by atoms with E-state index in [2.05, 4.69) is 22.0 Å². The minimum absolute atomic E-state index is 0.426. The minimum Gasteiger partial charge on any atom is -0.494 e. The lowest BCUT2D eigenvalue weighted by atomic mass is 10.00. The smallest absolute Gasteiger partial charge is 0.228 e. The Morgan fingerprint density at radius 3 is 2.57 bits per heavy atom. The van der Waals surface area contributed by atoms with Crippen molar-refractivity contribution in [1.82, 2.24) is 9.97 Å². The van der Waals surface area contributed by atoms with Crippen molar-refractivity contribution in [1.29, 1.82) is 0 Å². The van der Waals surface area contributed by atoms with Crippen molar-refractivity contribution in [3.8, 4) is 17.2 Å². The molecule has 1 aliphatic heterocycles. The summed E-state index contributed by atoms with van der Waals surface area (Å²) in [6.45, 7) is 4.19. The zero-order valence-corrected chi connectivity index (χ0v) is 16.4. The van der Waals surface area contributed by atoms with Crippen LogP contribution in [0.1, 0.15) is 18.1 Å². The minimum atomic E-state index is 0.426. The summed E-state index contributed by atoms with van der Waals surface area (Å²) in [6.07, 6.45) is 0.926. The average molecular weight is 380 g/mol. The van der Waals surface area contributed by atoms with E-state index in [0.29, 0.717) is 36.4 Å². The first kappa shape index (κ1) is 18.2. The van der Waals surface area contributed by atoms with Crippen LogP contribution in [0.15, 0.2) is 30.3 Å². The van der Waals surface area contributed by atoms with Crippen molar-refractivity contribution >= 4 is 22.7 Å². The molecule has 0 unspecified atom stereocenters. The molecule has 0 saturated heterocycles. The second-order valence-electron chi connectivity index (χ2n) is 6.67. The van der Waals surface area contributed by atoms with Gasteiger partial charge >= 0.3 is 0 Å². The molecular weight excluding hydrogens is 356 g/mol. The zero-order chi connectivity index (χ0) is 19.7. The third-order valence-corrected chi connectivity index (χ3v) is 5.00.